The van der Waals surface area contributed by atoms with Crippen LogP contribution in [0.4, 0.5) is 0 Å². The monoisotopic (exact) mass is 288 g/mol. The molecule has 0 aromatic carbocycles. The van der Waals surface area contributed by atoms with Crippen LogP contribution in [0.25, 0.3) is 0 Å². The number of carbonyl (C=O) groups excluding carboxylic acids is 1. The summed E-state index contributed by atoms with van der Waals surface area (Å²) in [7, 11) is 0. The number of rotatable bonds is 10. The predicted octanol–water partition coefficient (Wildman–Crippen LogP) is 1.78. The molecule has 0 fully saturated rings. The second kappa shape index (κ2) is 10.4. The van der Waals surface area contributed by atoms with Gasteiger partial charge in [-0.15, -0.1) is 0 Å². The Balaban J connectivity index is 3.39. The highest BCUT2D eigenvalue weighted by molar-refractivity contribution is 5.69. The summed E-state index contributed by atoms with van der Waals surface area (Å²) in [6.45, 7) is 6.68. The van der Waals surface area contributed by atoms with Crippen molar-refractivity contribution in [3.63, 3.8) is 0 Å². The first kappa shape index (κ1) is 18.6. The van der Waals surface area contributed by atoms with E-state index in [4.69, 9.17) is 19.3 Å². The van der Waals surface area contributed by atoms with Crippen LogP contribution < -0.4 is 0 Å². The van der Waals surface area contributed by atoms with E-state index in [0.29, 0.717) is 19.8 Å². The Morgan fingerprint density at radius 2 is 1.50 bits per heavy atom. The van der Waals surface area contributed by atoms with Crippen LogP contribution in [-0.4, -0.2) is 49.1 Å². The number of hydrogen-bond donors (Lipinski definition) is 1. The minimum atomic E-state index is -0.876. The summed E-state index contributed by atoms with van der Waals surface area (Å²) in [5, 5.41) is 8.37. The molecule has 0 saturated heterocycles. The molecule has 0 saturated carbocycles. The molecule has 0 radical (unpaired) electrons. The molecule has 6 nitrogen and oxygen atoms in total. The smallest absolute Gasteiger partial charge is 0.308 e. The summed E-state index contributed by atoms with van der Waals surface area (Å²) >= 11 is 0. The van der Waals surface area contributed by atoms with Crippen molar-refractivity contribution < 1.29 is 28.9 Å². The van der Waals surface area contributed by atoms with Gasteiger partial charge >= 0.3 is 11.9 Å². The molecule has 20 heavy (non-hydrogen) atoms. The van der Waals surface area contributed by atoms with Crippen molar-refractivity contribution in [2.24, 2.45) is 0 Å². The molecule has 0 heterocycles. The maximum Gasteiger partial charge on any atom is 0.308 e. The Morgan fingerprint density at radius 3 is 1.95 bits per heavy atom. The van der Waals surface area contributed by atoms with Crippen LogP contribution >= 0.6 is 0 Å². The third-order valence-corrected chi connectivity index (χ3v) is 1.93. The maximum absolute atomic E-state index is 11.3. The molecular formula is C14H24O6. The Morgan fingerprint density at radius 1 is 1.00 bits per heavy atom. The standard InChI is InChI=1S/C14H24O6/c1-14(2,3)20-13(17)7-11-19-9-5-4-8-18-10-6-12(15)16/h4-5H,6-11H2,1-3H3,(H,15,16)/b5-4-. The molecule has 0 aromatic rings. The Kier molecular flexibility index (Phi) is 9.67. The van der Waals surface area contributed by atoms with Gasteiger partial charge in [-0.1, -0.05) is 12.2 Å². The van der Waals surface area contributed by atoms with E-state index >= 15 is 0 Å². The zero-order chi connectivity index (χ0) is 15.4. The highest BCUT2D eigenvalue weighted by Gasteiger charge is 2.15. The van der Waals surface area contributed by atoms with Gasteiger partial charge in [0.25, 0.3) is 0 Å². The highest BCUT2D eigenvalue weighted by Crippen LogP contribution is 2.07. The molecular weight excluding hydrogens is 264 g/mol. The number of esters is 1. The van der Waals surface area contributed by atoms with Crippen molar-refractivity contribution >= 4 is 11.9 Å². The third kappa shape index (κ3) is 14.7. The van der Waals surface area contributed by atoms with E-state index in [2.05, 4.69) is 0 Å². The Hall–Kier alpha value is -1.40. The second-order valence-electron chi connectivity index (χ2n) is 5.10. The van der Waals surface area contributed by atoms with Crippen LogP contribution in [0.2, 0.25) is 0 Å². The molecule has 0 aliphatic carbocycles. The fraction of sp³-hybridized carbons (Fsp3) is 0.714. The van der Waals surface area contributed by atoms with E-state index in [1.54, 1.807) is 12.2 Å². The van der Waals surface area contributed by atoms with Crippen LogP contribution in [0.3, 0.4) is 0 Å². The summed E-state index contributed by atoms with van der Waals surface area (Å²) in [6, 6.07) is 0. The molecule has 0 aromatic heterocycles. The van der Waals surface area contributed by atoms with Gasteiger partial charge in [-0.05, 0) is 20.8 Å². The average Bonchev–Trinajstić information content (AvgIpc) is 2.28. The second-order valence-corrected chi connectivity index (χ2v) is 5.10. The van der Waals surface area contributed by atoms with Gasteiger partial charge in [0, 0.05) is 0 Å². The Bertz CT molecular complexity index is 316. The van der Waals surface area contributed by atoms with E-state index in [-0.39, 0.29) is 25.4 Å². The van der Waals surface area contributed by atoms with E-state index < -0.39 is 11.6 Å². The number of ether oxygens (including phenoxy) is 3. The number of carbonyl (C=O) groups is 2. The van der Waals surface area contributed by atoms with Crippen LogP contribution in [0.1, 0.15) is 33.6 Å². The van der Waals surface area contributed by atoms with E-state index in [1.807, 2.05) is 20.8 Å². The largest absolute Gasteiger partial charge is 0.481 e. The number of carboxylic acids is 1. The first-order chi connectivity index (χ1) is 9.31. The average molecular weight is 288 g/mol. The van der Waals surface area contributed by atoms with Crippen molar-refractivity contribution in [3.8, 4) is 0 Å². The minimum absolute atomic E-state index is 0.000227. The molecule has 0 amide bonds. The van der Waals surface area contributed by atoms with E-state index in [1.165, 1.54) is 0 Å². The van der Waals surface area contributed by atoms with Crippen LogP contribution in [0.15, 0.2) is 12.2 Å². The van der Waals surface area contributed by atoms with Gasteiger partial charge < -0.3 is 19.3 Å². The van der Waals surface area contributed by atoms with Gasteiger partial charge in [0.15, 0.2) is 0 Å². The van der Waals surface area contributed by atoms with Crippen LogP contribution in [-0.2, 0) is 23.8 Å². The summed E-state index contributed by atoms with van der Waals surface area (Å²) < 4.78 is 15.4. The van der Waals surface area contributed by atoms with Crippen LogP contribution in [0, 0.1) is 0 Å². The molecule has 0 aliphatic rings. The van der Waals surface area contributed by atoms with Crippen LogP contribution in [0.5, 0.6) is 0 Å². The summed E-state index contributed by atoms with van der Waals surface area (Å²) in [6.07, 6.45) is 3.73. The van der Waals surface area contributed by atoms with Gasteiger partial charge in [-0.25, -0.2) is 0 Å². The molecule has 116 valence electrons. The normalized spacial score (nSPS) is 11.8. The van der Waals surface area contributed by atoms with Crippen molar-refractivity contribution in [1.82, 2.24) is 0 Å². The Labute approximate surface area is 119 Å². The lowest BCUT2D eigenvalue weighted by molar-refractivity contribution is -0.156. The minimum Gasteiger partial charge on any atom is -0.481 e. The third-order valence-electron chi connectivity index (χ3n) is 1.93. The molecule has 0 bridgehead atoms. The molecule has 0 atom stereocenters. The van der Waals surface area contributed by atoms with Crippen molar-refractivity contribution in [2.45, 2.75) is 39.2 Å². The molecule has 0 aliphatic heterocycles. The molecule has 0 spiro atoms. The lowest BCUT2D eigenvalue weighted by Crippen LogP contribution is -2.24. The summed E-state index contributed by atoms with van der Waals surface area (Å²) in [5.74, 6) is -1.15. The van der Waals surface area contributed by atoms with E-state index in [0.717, 1.165) is 0 Å². The molecule has 6 heteroatoms. The van der Waals surface area contributed by atoms with Gasteiger partial charge in [0.1, 0.15) is 5.60 Å². The topological polar surface area (TPSA) is 82.1 Å². The lowest BCUT2D eigenvalue weighted by atomic mass is 10.2. The predicted molar refractivity (Wildman–Crippen MR) is 73.5 cm³/mol. The molecule has 0 rings (SSSR count). The zero-order valence-corrected chi connectivity index (χ0v) is 12.4. The van der Waals surface area contributed by atoms with Gasteiger partial charge in [-0.3, -0.25) is 9.59 Å². The molecule has 0 unspecified atom stereocenters. The van der Waals surface area contributed by atoms with E-state index in [9.17, 15) is 9.59 Å². The quantitative estimate of drug-likeness (QED) is 0.375. The van der Waals surface area contributed by atoms with Crippen molar-refractivity contribution in [3.05, 3.63) is 12.2 Å². The van der Waals surface area contributed by atoms with Gasteiger partial charge in [0.05, 0.1) is 39.3 Å². The first-order valence-electron chi connectivity index (χ1n) is 6.55. The fourth-order valence-corrected chi connectivity index (χ4v) is 1.15. The summed E-state index contributed by atoms with van der Waals surface area (Å²) in [5.41, 5.74) is -0.468. The molecule has 1 N–H and O–H groups in total. The number of carboxylic acid groups (broad SMARTS) is 1. The highest BCUT2D eigenvalue weighted by atomic mass is 16.6. The maximum atomic E-state index is 11.3. The number of hydrogen-bond acceptors (Lipinski definition) is 5. The fourth-order valence-electron chi connectivity index (χ4n) is 1.15. The van der Waals surface area contributed by atoms with Gasteiger partial charge in [0.2, 0.25) is 0 Å². The summed E-state index contributed by atoms with van der Waals surface area (Å²) in [4.78, 5) is 21.5. The zero-order valence-electron chi connectivity index (χ0n) is 12.4. The van der Waals surface area contributed by atoms with Crippen molar-refractivity contribution in [2.75, 3.05) is 26.4 Å². The SMILES string of the molecule is CC(C)(C)OC(=O)CCOC/C=C\COCCC(=O)O. The first-order valence-corrected chi connectivity index (χ1v) is 6.55. The van der Waals surface area contributed by atoms with Gasteiger partial charge in [-0.2, -0.15) is 0 Å². The number of aliphatic carboxylic acids is 1. The van der Waals surface area contributed by atoms with Crippen molar-refractivity contribution in [1.29, 1.82) is 0 Å². The lowest BCUT2D eigenvalue weighted by Gasteiger charge is -2.19.